The Hall–Kier alpha value is -3.70. The van der Waals surface area contributed by atoms with Gasteiger partial charge in [0, 0.05) is 40.6 Å². The topological polar surface area (TPSA) is 64.7 Å². The van der Waals surface area contributed by atoms with Gasteiger partial charge in [-0.25, -0.2) is 18.2 Å². The van der Waals surface area contributed by atoms with E-state index >= 15 is 8.78 Å². The van der Waals surface area contributed by atoms with Crippen LogP contribution < -0.4 is 10.6 Å². The summed E-state index contributed by atoms with van der Waals surface area (Å²) in [6.07, 6.45) is 11.4. The molecule has 1 unspecified atom stereocenters. The SMILES string of the molecule is C=P(C)(C)C\C(c1ccc(F)c(-c2ncc(C(C)c3cccc(CCC)c3F)[nH]2)c1)=c1/cc[nH]/c1=C/C(F)=C/O. The number of aryl methyl sites for hydroxylation is 1. The van der Waals surface area contributed by atoms with Crippen LogP contribution in [0.2, 0.25) is 0 Å². The number of aliphatic hydroxyl groups excluding tert-OH is 1. The van der Waals surface area contributed by atoms with E-state index in [4.69, 9.17) is 5.11 Å². The third kappa shape index (κ3) is 6.53. The average molecular weight is 566 g/mol. The summed E-state index contributed by atoms with van der Waals surface area (Å²) in [5.41, 5.74) is 3.82. The summed E-state index contributed by atoms with van der Waals surface area (Å²) in [6.45, 7) is 6.48. The normalized spacial score (nSPS) is 14.5. The first kappa shape index (κ1) is 29.3. The van der Waals surface area contributed by atoms with Crippen LogP contribution in [0.5, 0.6) is 0 Å². The monoisotopic (exact) mass is 565 g/mol. The minimum atomic E-state index is -1.62. The number of nitrogens with one attached hydrogen (secondary N) is 2. The zero-order chi connectivity index (χ0) is 29.0. The smallest absolute Gasteiger partial charge is 0.159 e. The highest BCUT2D eigenvalue weighted by atomic mass is 31.2. The second-order valence-corrected chi connectivity index (χ2v) is 14.9. The molecule has 210 valence electrons. The van der Waals surface area contributed by atoms with Gasteiger partial charge in [0.1, 0.15) is 23.7 Å². The molecule has 0 fully saturated rings. The predicted molar refractivity (Wildman–Crippen MR) is 161 cm³/mol. The fourth-order valence-electron chi connectivity index (χ4n) is 4.85. The van der Waals surface area contributed by atoms with Crippen molar-refractivity contribution < 1.29 is 18.3 Å². The highest BCUT2D eigenvalue weighted by Crippen LogP contribution is 2.40. The molecule has 2 aromatic carbocycles. The van der Waals surface area contributed by atoms with E-state index < -0.39 is 18.5 Å². The van der Waals surface area contributed by atoms with Crippen molar-refractivity contribution in [2.75, 3.05) is 19.5 Å². The number of benzene rings is 2. The second-order valence-electron chi connectivity index (χ2n) is 10.7. The lowest BCUT2D eigenvalue weighted by molar-refractivity contribution is 0.449. The maximum atomic E-state index is 15.2. The number of H-pyrrole nitrogens is 2. The first-order valence-electron chi connectivity index (χ1n) is 13.2. The van der Waals surface area contributed by atoms with Gasteiger partial charge >= 0.3 is 0 Å². The molecule has 3 N–H and O–H groups in total. The number of imidazole rings is 1. The number of hydrogen-bond donors (Lipinski definition) is 3. The number of allylic oxidation sites excluding steroid dienone is 1. The van der Waals surface area contributed by atoms with Crippen LogP contribution in [0.3, 0.4) is 0 Å². The second kappa shape index (κ2) is 12.2. The van der Waals surface area contributed by atoms with Crippen LogP contribution in [0.4, 0.5) is 13.2 Å². The van der Waals surface area contributed by atoms with E-state index in [9.17, 15) is 4.39 Å². The van der Waals surface area contributed by atoms with Crippen molar-refractivity contribution in [1.29, 1.82) is 0 Å². The summed E-state index contributed by atoms with van der Waals surface area (Å²) < 4.78 is 44.3. The zero-order valence-electron chi connectivity index (χ0n) is 23.2. The van der Waals surface area contributed by atoms with Gasteiger partial charge in [-0.05, 0) is 66.4 Å². The number of aromatic amines is 2. The summed E-state index contributed by atoms with van der Waals surface area (Å²) in [7, 11) is 0. The molecule has 0 radical (unpaired) electrons. The molecule has 0 aliphatic carbocycles. The molecule has 1 atom stereocenters. The third-order valence-electron chi connectivity index (χ3n) is 6.82. The van der Waals surface area contributed by atoms with Crippen LogP contribution in [0.15, 0.2) is 66.9 Å². The molecule has 2 heterocycles. The van der Waals surface area contributed by atoms with E-state index in [0.717, 1.165) is 22.8 Å². The van der Waals surface area contributed by atoms with Gasteiger partial charge in [-0.2, -0.15) is 0 Å². The Morgan fingerprint density at radius 1 is 1.18 bits per heavy atom. The van der Waals surface area contributed by atoms with Crippen LogP contribution in [-0.2, 0) is 6.42 Å². The summed E-state index contributed by atoms with van der Waals surface area (Å²) in [5, 5.41) is 10.3. The van der Waals surface area contributed by atoms with Crippen molar-refractivity contribution >= 4 is 24.8 Å². The van der Waals surface area contributed by atoms with E-state index in [1.807, 2.05) is 26.0 Å². The Kier molecular flexibility index (Phi) is 8.95. The van der Waals surface area contributed by atoms with Crippen molar-refractivity contribution in [3.63, 3.8) is 0 Å². The fourth-order valence-corrected chi connectivity index (χ4v) is 6.06. The maximum absolute atomic E-state index is 15.2. The van der Waals surface area contributed by atoms with Crippen molar-refractivity contribution in [2.24, 2.45) is 0 Å². The maximum Gasteiger partial charge on any atom is 0.159 e. The summed E-state index contributed by atoms with van der Waals surface area (Å²) in [6, 6.07) is 12.1. The molecule has 4 rings (SSSR count). The van der Waals surface area contributed by atoms with E-state index in [-0.39, 0.29) is 17.3 Å². The van der Waals surface area contributed by atoms with Gasteiger partial charge in [-0.1, -0.05) is 44.5 Å². The standard InChI is InChI=1S/C32H35F3N3OP/c1-6-8-21-9-7-10-24(31(21)35)20(2)30-17-37-32(38-30)26-15-22(11-12-28(26)34)27(19-40(3,4)5)25-13-14-36-29(25)16-23(33)18-39/h7,9-18,20,36,39H,3,6,8,19H2,1-2,4-5H3,(H,37,38)/b23-18-,27-25-,29-16+. The summed E-state index contributed by atoms with van der Waals surface area (Å²) in [5.74, 6) is -1.43. The molecule has 0 aliphatic rings. The molecule has 4 nitrogen and oxygen atoms in total. The van der Waals surface area contributed by atoms with E-state index in [0.29, 0.717) is 46.8 Å². The Balaban J connectivity index is 1.81. The first-order chi connectivity index (χ1) is 19.0. The number of rotatable bonds is 9. The lowest BCUT2D eigenvalue weighted by atomic mass is 9.94. The van der Waals surface area contributed by atoms with E-state index in [2.05, 4.69) is 34.6 Å². The van der Waals surface area contributed by atoms with Gasteiger partial charge in [0.25, 0.3) is 0 Å². The van der Waals surface area contributed by atoms with Gasteiger partial charge in [0.2, 0.25) is 0 Å². The van der Waals surface area contributed by atoms with Crippen molar-refractivity contribution in [2.45, 2.75) is 32.6 Å². The van der Waals surface area contributed by atoms with Crippen molar-refractivity contribution in [1.82, 2.24) is 15.0 Å². The molecule has 0 bridgehead atoms. The highest BCUT2D eigenvalue weighted by molar-refractivity contribution is 7.72. The lowest BCUT2D eigenvalue weighted by Gasteiger charge is -2.17. The van der Waals surface area contributed by atoms with E-state index in [1.54, 1.807) is 36.7 Å². The minimum absolute atomic E-state index is 0.217. The molecule has 4 aromatic rings. The molecular weight excluding hydrogens is 530 g/mol. The van der Waals surface area contributed by atoms with Crippen LogP contribution >= 0.6 is 6.89 Å². The van der Waals surface area contributed by atoms with Crippen LogP contribution in [-0.4, -0.2) is 45.8 Å². The molecule has 0 saturated heterocycles. The highest BCUT2D eigenvalue weighted by Gasteiger charge is 2.20. The van der Waals surface area contributed by atoms with Crippen molar-refractivity contribution in [3.05, 3.63) is 112 Å². The fraction of sp³-hybridized carbons (Fsp3) is 0.250. The van der Waals surface area contributed by atoms with Gasteiger partial charge in [0.05, 0.1) is 5.56 Å². The minimum Gasteiger partial charge on any atom is -0.513 e. The molecule has 0 amide bonds. The molecule has 2 aromatic heterocycles. The molecule has 0 spiro atoms. The quantitative estimate of drug-likeness (QED) is 0.154. The largest absolute Gasteiger partial charge is 0.513 e. The predicted octanol–water partition coefficient (Wildman–Crippen LogP) is 6.84. The van der Waals surface area contributed by atoms with Crippen LogP contribution in [0.25, 0.3) is 23.0 Å². The molecular formula is C32H35F3N3OP. The lowest BCUT2D eigenvalue weighted by Crippen LogP contribution is -2.26. The van der Waals surface area contributed by atoms with Crippen molar-refractivity contribution in [3.8, 4) is 11.4 Å². The molecule has 0 saturated carbocycles. The first-order valence-corrected chi connectivity index (χ1v) is 16.3. The van der Waals surface area contributed by atoms with Gasteiger partial charge in [-0.15, -0.1) is 13.2 Å². The number of nitrogens with zero attached hydrogens (tertiary/aromatic N) is 1. The van der Waals surface area contributed by atoms with Gasteiger partial charge in [0.15, 0.2) is 5.83 Å². The zero-order valence-corrected chi connectivity index (χ0v) is 24.1. The number of hydrogen-bond acceptors (Lipinski definition) is 2. The van der Waals surface area contributed by atoms with Gasteiger partial charge < -0.3 is 15.1 Å². The molecule has 8 heteroatoms. The Bertz CT molecular complexity index is 1710. The van der Waals surface area contributed by atoms with Crippen LogP contribution in [0, 0.1) is 11.6 Å². The molecule has 40 heavy (non-hydrogen) atoms. The third-order valence-corrected chi connectivity index (χ3v) is 7.99. The van der Waals surface area contributed by atoms with Crippen LogP contribution in [0.1, 0.15) is 48.6 Å². The number of halogens is 3. The Morgan fingerprint density at radius 3 is 2.65 bits per heavy atom. The number of aromatic nitrogens is 3. The summed E-state index contributed by atoms with van der Waals surface area (Å²) in [4.78, 5) is 10.7. The molecule has 0 aliphatic heterocycles. The average Bonchev–Trinajstić information content (AvgIpc) is 3.58. The Labute approximate surface area is 233 Å². The Morgan fingerprint density at radius 2 is 1.95 bits per heavy atom. The van der Waals surface area contributed by atoms with Gasteiger partial charge in [-0.3, -0.25) is 0 Å². The number of aliphatic hydroxyl groups is 1. The summed E-state index contributed by atoms with van der Waals surface area (Å²) >= 11 is 0. The van der Waals surface area contributed by atoms with E-state index in [1.165, 1.54) is 12.1 Å².